The number of halogens is 2. The lowest BCUT2D eigenvalue weighted by Gasteiger charge is -2.16. The number of likely N-dealkylation sites (N-methyl/N-ethyl adjacent to an activating group) is 1. The predicted molar refractivity (Wildman–Crippen MR) is 73.0 cm³/mol. The van der Waals surface area contributed by atoms with Gasteiger partial charge >= 0.3 is 6.03 Å². The second-order valence-electron chi connectivity index (χ2n) is 4.41. The Morgan fingerprint density at radius 3 is 2.74 bits per heavy atom. The summed E-state index contributed by atoms with van der Waals surface area (Å²) in [6, 6.07) is 4.38. The van der Waals surface area contributed by atoms with E-state index in [0.29, 0.717) is 16.6 Å². The van der Waals surface area contributed by atoms with Gasteiger partial charge in [0.05, 0.1) is 16.6 Å². The van der Waals surface area contributed by atoms with E-state index in [1.807, 2.05) is 0 Å². The van der Waals surface area contributed by atoms with Gasteiger partial charge in [0.2, 0.25) is 5.91 Å². The molecule has 1 unspecified atom stereocenters. The van der Waals surface area contributed by atoms with Crippen molar-refractivity contribution in [3.63, 3.8) is 0 Å². The molecule has 0 aromatic heterocycles. The van der Waals surface area contributed by atoms with E-state index in [1.165, 1.54) is 9.80 Å². The van der Waals surface area contributed by atoms with Crippen LogP contribution in [0.4, 0.5) is 4.79 Å². The monoisotopic (exact) mass is 301 g/mol. The summed E-state index contributed by atoms with van der Waals surface area (Å²) in [5.74, 6) is -0.518. The highest BCUT2D eigenvalue weighted by molar-refractivity contribution is 6.42. The quantitative estimate of drug-likeness (QED) is 0.923. The molecule has 1 aromatic carbocycles. The molecule has 1 atom stereocenters. The maximum atomic E-state index is 12.0. The number of rotatable bonds is 3. The summed E-state index contributed by atoms with van der Waals surface area (Å²) in [4.78, 5) is 26.1. The molecule has 1 saturated heterocycles. The largest absolute Gasteiger partial charge is 0.368 e. The molecular formula is C12H13Cl2N3O2. The predicted octanol–water partition coefficient (Wildman–Crippen LogP) is 1.71. The molecular weight excluding hydrogens is 289 g/mol. The first-order valence-electron chi connectivity index (χ1n) is 5.65. The summed E-state index contributed by atoms with van der Waals surface area (Å²) in [6.45, 7) is 0.555. The number of primary amides is 1. The van der Waals surface area contributed by atoms with Crippen molar-refractivity contribution < 1.29 is 9.59 Å². The molecule has 0 spiro atoms. The summed E-state index contributed by atoms with van der Waals surface area (Å²) < 4.78 is 0. The molecule has 0 radical (unpaired) electrons. The first-order valence-corrected chi connectivity index (χ1v) is 6.41. The normalized spacial score (nSPS) is 19.1. The fourth-order valence-corrected chi connectivity index (χ4v) is 2.43. The van der Waals surface area contributed by atoms with Crippen LogP contribution >= 0.6 is 23.2 Å². The van der Waals surface area contributed by atoms with Crippen LogP contribution in [0.5, 0.6) is 0 Å². The number of carbonyl (C=O) groups excluding carboxylic acids is 2. The second kappa shape index (κ2) is 5.27. The summed E-state index contributed by atoms with van der Waals surface area (Å²) in [7, 11) is 1.55. The first kappa shape index (κ1) is 14.0. The lowest BCUT2D eigenvalue weighted by atomic mass is 10.2. The maximum absolute atomic E-state index is 12.0. The molecule has 19 heavy (non-hydrogen) atoms. The minimum atomic E-state index is -0.606. The Balaban J connectivity index is 2.18. The van der Waals surface area contributed by atoms with E-state index in [2.05, 4.69) is 0 Å². The van der Waals surface area contributed by atoms with Gasteiger partial charge in [-0.05, 0) is 11.6 Å². The van der Waals surface area contributed by atoms with E-state index in [1.54, 1.807) is 25.2 Å². The van der Waals surface area contributed by atoms with Crippen molar-refractivity contribution in [2.24, 2.45) is 5.73 Å². The van der Waals surface area contributed by atoms with Gasteiger partial charge < -0.3 is 15.5 Å². The van der Waals surface area contributed by atoms with Crippen molar-refractivity contribution >= 4 is 35.1 Å². The third-order valence-corrected chi connectivity index (χ3v) is 4.01. The third kappa shape index (κ3) is 2.62. The molecule has 102 valence electrons. The topological polar surface area (TPSA) is 66.6 Å². The van der Waals surface area contributed by atoms with E-state index in [9.17, 15) is 9.59 Å². The number of benzene rings is 1. The third-order valence-electron chi connectivity index (χ3n) is 3.15. The summed E-state index contributed by atoms with van der Waals surface area (Å²) >= 11 is 12.0. The van der Waals surface area contributed by atoms with E-state index in [-0.39, 0.29) is 12.6 Å². The van der Waals surface area contributed by atoms with Gasteiger partial charge in [0.1, 0.15) is 6.04 Å². The highest BCUT2D eigenvalue weighted by atomic mass is 35.5. The average molecular weight is 302 g/mol. The van der Waals surface area contributed by atoms with Crippen LogP contribution in [0.25, 0.3) is 0 Å². The standard InChI is InChI=1S/C12H13Cl2N3O2/c1-16-9(11(15)18)6-17(12(16)19)5-7-3-2-4-8(13)10(7)14/h2-4,9H,5-6H2,1H3,(H2,15,18). The SMILES string of the molecule is CN1C(=O)N(Cc2cccc(Cl)c2Cl)CC1C(N)=O. The van der Waals surface area contributed by atoms with Crippen LogP contribution < -0.4 is 5.73 Å². The Labute approximate surface area is 120 Å². The highest BCUT2D eigenvalue weighted by Gasteiger charge is 2.37. The van der Waals surface area contributed by atoms with Crippen LogP contribution in [0, 0.1) is 0 Å². The molecule has 0 saturated carbocycles. The summed E-state index contributed by atoms with van der Waals surface area (Å²) in [5.41, 5.74) is 5.99. The number of hydrogen-bond donors (Lipinski definition) is 1. The molecule has 3 amide bonds. The Kier molecular flexibility index (Phi) is 3.87. The molecule has 1 aliphatic rings. The number of hydrogen-bond acceptors (Lipinski definition) is 2. The molecule has 1 aliphatic heterocycles. The van der Waals surface area contributed by atoms with Crippen LogP contribution in [0.15, 0.2) is 18.2 Å². The van der Waals surface area contributed by atoms with Crippen molar-refractivity contribution in [3.05, 3.63) is 33.8 Å². The average Bonchev–Trinajstić information content (AvgIpc) is 2.63. The van der Waals surface area contributed by atoms with Gasteiger partial charge in [-0.25, -0.2) is 4.79 Å². The number of carbonyl (C=O) groups is 2. The molecule has 7 heteroatoms. The van der Waals surface area contributed by atoms with E-state index in [0.717, 1.165) is 5.56 Å². The molecule has 1 fully saturated rings. The van der Waals surface area contributed by atoms with E-state index < -0.39 is 11.9 Å². The van der Waals surface area contributed by atoms with Gasteiger partial charge in [-0.1, -0.05) is 35.3 Å². The van der Waals surface area contributed by atoms with Crippen molar-refractivity contribution in [3.8, 4) is 0 Å². The summed E-state index contributed by atoms with van der Waals surface area (Å²) in [5, 5.41) is 0.854. The number of nitrogens with zero attached hydrogens (tertiary/aromatic N) is 2. The fourth-order valence-electron chi connectivity index (χ4n) is 2.05. The second-order valence-corrected chi connectivity index (χ2v) is 5.19. The molecule has 0 aliphatic carbocycles. The molecule has 5 nitrogen and oxygen atoms in total. The Morgan fingerprint density at radius 1 is 1.47 bits per heavy atom. The first-order chi connectivity index (χ1) is 8.91. The lowest BCUT2D eigenvalue weighted by molar-refractivity contribution is -0.121. The van der Waals surface area contributed by atoms with Crippen LogP contribution in [0.2, 0.25) is 10.0 Å². The zero-order valence-corrected chi connectivity index (χ0v) is 11.8. The van der Waals surface area contributed by atoms with Gasteiger partial charge in [-0.15, -0.1) is 0 Å². The summed E-state index contributed by atoms with van der Waals surface area (Å²) in [6.07, 6.45) is 0. The van der Waals surface area contributed by atoms with Crippen LogP contribution in [0.1, 0.15) is 5.56 Å². The Morgan fingerprint density at radius 2 is 2.16 bits per heavy atom. The zero-order valence-electron chi connectivity index (χ0n) is 10.3. The van der Waals surface area contributed by atoms with E-state index >= 15 is 0 Å². The number of urea groups is 1. The Hall–Kier alpha value is -1.46. The van der Waals surface area contributed by atoms with Gasteiger partial charge in [0.15, 0.2) is 0 Å². The van der Waals surface area contributed by atoms with Crippen molar-refractivity contribution in [2.45, 2.75) is 12.6 Å². The maximum Gasteiger partial charge on any atom is 0.320 e. The molecule has 1 heterocycles. The molecule has 2 rings (SSSR count). The minimum absolute atomic E-state index is 0.250. The Bertz CT molecular complexity index is 536. The van der Waals surface area contributed by atoms with Crippen LogP contribution in [0.3, 0.4) is 0 Å². The van der Waals surface area contributed by atoms with Gasteiger partial charge in [-0.2, -0.15) is 0 Å². The van der Waals surface area contributed by atoms with Crippen molar-refractivity contribution in [1.82, 2.24) is 9.80 Å². The number of nitrogens with two attached hydrogens (primary N) is 1. The van der Waals surface area contributed by atoms with Crippen molar-refractivity contribution in [1.29, 1.82) is 0 Å². The molecule has 2 N–H and O–H groups in total. The van der Waals surface area contributed by atoms with Gasteiger partial charge in [-0.3, -0.25) is 4.79 Å². The van der Waals surface area contributed by atoms with Crippen LogP contribution in [-0.2, 0) is 11.3 Å². The van der Waals surface area contributed by atoms with Gasteiger partial charge in [0, 0.05) is 13.6 Å². The smallest absolute Gasteiger partial charge is 0.320 e. The van der Waals surface area contributed by atoms with Gasteiger partial charge in [0.25, 0.3) is 0 Å². The lowest BCUT2D eigenvalue weighted by Crippen LogP contribution is -2.40. The zero-order chi connectivity index (χ0) is 14.2. The molecule has 0 bridgehead atoms. The van der Waals surface area contributed by atoms with Crippen molar-refractivity contribution in [2.75, 3.05) is 13.6 Å². The van der Waals surface area contributed by atoms with Crippen LogP contribution in [-0.4, -0.2) is 41.4 Å². The highest BCUT2D eigenvalue weighted by Crippen LogP contribution is 2.27. The fraction of sp³-hybridized carbons (Fsp3) is 0.333. The minimum Gasteiger partial charge on any atom is -0.368 e. The number of amides is 3. The van der Waals surface area contributed by atoms with E-state index in [4.69, 9.17) is 28.9 Å². The molecule has 1 aromatic rings.